The maximum atomic E-state index is 4.22. The molecule has 1 aromatic heterocycles. The Morgan fingerprint density at radius 3 is 3.00 bits per heavy atom. The maximum Gasteiger partial charge on any atom is 0.0312 e. The quantitative estimate of drug-likeness (QED) is 0.862. The zero-order chi connectivity index (χ0) is 12.2. The number of nitrogens with one attached hydrogen (secondary N) is 1. The number of pyridine rings is 1. The van der Waals surface area contributed by atoms with Gasteiger partial charge in [-0.1, -0.05) is 12.5 Å². The van der Waals surface area contributed by atoms with E-state index in [0.29, 0.717) is 0 Å². The van der Waals surface area contributed by atoms with E-state index in [2.05, 4.69) is 21.3 Å². The number of hydrogen-bond donors (Lipinski definition) is 1. The lowest BCUT2D eigenvalue weighted by Crippen LogP contribution is -2.45. The Balaban J connectivity index is 1.56. The third kappa shape index (κ3) is 3.30. The number of hydrogen-bond acceptors (Lipinski definition) is 3. The van der Waals surface area contributed by atoms with E-state index in [1.54, 1.807) is 0 Å². The summed E-state index contributed by atoms with van der Waals surface area (Å²) in [6.07, 6.45) is 10.7. The van der Waals surface area contributed by atoms with Crippen molar-refractivity contribution in [3.05, 3.63) is 30.1 Å². The summed E-state index contributed by atoms with van der Waals surface area (Å²) in [5, 5.41) is 3.68. The van der Waals surface area contributed by atoms with Crippen LogP contribution >= 0.6 is 0 Å². The molecule has 1 aliphatic carbocycles. The molecule has 0 amide bonds. The van der Waals surface area contributed by atoms with Gasteiger partial charge in [-0.3, -0.25) is 9.88 Å². The molecule has 1 atom stereocenters. The average Bonchev–Trinajstić information content (AvgIpc) is 3.23. The highest BCUT2D eigenvalue weighted by molar-refractivity contribution is 5.08. The van der Waals surface area contributed by atoms with Gasteiger partial charge >= 0.3 is 0 Å². The van der Waals surface area contributed by atoms with Crippen molar-refractivity contribution >= 4 is 0 Å². The van der Waals surface area contributed by atoms with Crippen molar-refractivity contribution in [2.75, 3.05) is 13.1 Å². The van der Waals surface area contributed by atoms with Gasteiger partial charge in [0.2, 0.25) is 0 Å². The number of likely N-dealkylation sites (tertiary alicyclic amines) is 1. The predicted octanol–water partition coefficient (Wildman–Crippen LogP) is 2.19. The monoisotopic (exact) mass is 245 g/mol. The number of nitrogens with zero attached hydrogens (tertiary/aromatic N) is 2. The van der Waals surface area contributed by atoms with E-state index in [4.69, 9.17) is 0 Å². The minimum Gasteiger partial charge on any atom is -0.312 e. The Kier molecular flexibility index (Phi) is 3.91. The molecule has 1 saturated heterocycles. The lowest BCUT2D eigenvalue weighted by molar-refractivity contribution is 0.137. The van der Waals surface area contributed by atoms with Gasteiger partial charge in [-0.2, -0.15) is 0 Å². The lowest BCUT2D eigenvalue weighted by atomic mass is 10.0. The van der Waals surface area contributed by atoms with Gasteiger partial charge in [0.1, 0.15) is 0 Å². The van der Waals surface area contributed by atoms with Crippen molar-refractivity contribution < 1.29 is 0 Å². The van der Waals surface area contributed by atoms with E-state index in [1.807, 2.05) is 18.5 Å². The molecule has 3 nitrogen and oxygen atoms in total. The molecule has 0 aromatic carbocycles. The molecule has 3 heteroatoms. The number of rotatable bonds is 5. The van der Waals surface area contributed by atoms with E-state index < -0.39 is 0 Å². The van der Waals surface area contributed by atoms with Crippen LogP contribution in [-0.4, -0.2) is 35.1 Å². The van der Waals surface area contributed by atoms with Crippen LogP contribution in [0.25, 0.3) is 0 Å². The molecule has 1 N–H and O–H groups in total. The molecule has 98 valence electrons. The van der Waals surface area contributed by atoms with Crippen molar-refractivity contribution in [2.24, 2.45) is 0 Å². The largest absolute Gasteiger partial charge is 0.312 e. The summed E-state index contributed by atoms with van der Waals surface area (Å²) in [5.41, 5.74) is 1.34. The molecule has 18 heavy (non-hydrogen) atoms. The molecule has 0 spiro atoms. The summed E-state index contributed by atoms with van der Waals surface area (Å²) >= 11 is 0. The molecular formula is C15H23N3. The molecule has 2 aliphatic rings. The van der Waals surface area contributed by atoms with Crippen LogP contribution in [0.2, 0.25) is 0 Å². The first-order valence-corrected chi connectivity index (χ1v) is 7.28. The molecule has 1 unspecified atom stereocenters. The van der Waals surface area contributed by atoms with Gasteiger partial charge in [0, 0.05) is 37.6 Å². The average molecular weight is 245 g/mol. The van der Waals surface area contributed by atoms with Crippen molar-refractivity contribution in [3.8, 4) is 0 Å². The minimum atomic E-state index is 0.722. The van der Waals surface area contributed by atoms with Crippen LogP contribution in [0.3, 0.4) is 0 Å². The van der Waals surface area contributed by atoms with Gasteiger partial charge in [0.25, 0.3) is 0 Å². The van der Waals surface area contributed by atoms with E-state index >= 15 is 0 Å². The molecule has 1 aromatic rings. The molecular weight excluding hydrogens is 222 g/mol. The second kappa shape index (κ2) is 5.81. The first-order valence-electron chi connectivity index (χ1n) is 7.28. The van der Waals surface area contributed by atoms with E-state index in [9.17, 15) is 0 Å². The van der Waals surface area contributed by atoms with Crippen molar-refractivity contribution in [1.29, 1.82) is 0 Å². The van der Waals surface area contributed by atoms with Crippen LogP contribution in [0.1, 0.15) is 37.7 Å². The Bertz CT molecular complexity index is 361. The summed E-state index contributed by atoms with van der Waals surface area (Å²) in [6.45, 7) is 3.47. The Morgan fingerprint density at radius 1 is 1.28 bits per heavy atom. The van der Waals surface area contributed by atoms with E-state index in [-0.39, 0.29) is 0 Å². The lowest BCUT2D eigenvalue weighted by Gasteiger charge is -2.36. The Hall–Kier alpha value is -0.930. The van der Waals surface area contributed by atoms with Crippen LogP contribution in [0.5, 0.6) is 0 Å². The second-order valence-corrected chi connectivity index (χ2v) is 5.66. The molecule has 2 fully saturated rings. The fourth-order valence-electron chi connectivity index (χ4n) is 2.82. The highest BCUT2D eigenvalue weighted by Gasteiger charge is 2.26. The SMILES string of the molecule is c1cncc(CN2CCCCC2CNC2CC2)c1. The van der Waals surface area contributed by atoms with Gasteiger partial charge in [-0.25, -0.2) is 0 Å². The number of piperidine rings is 1. The summed E-state index contributed by atoms with van der Waals surface area (Å²) < 4.78 is 0. The maximum absolute atomic E-state index is 4.22. The van der Waals surface area contributed by atoms with Crippen LogP contribution in [-0.2, 0) is 6.54 Å². The van der Waals surface area contributed by atoms with Crippen molar-refractivity contribution in [3.63, 3.8) is 0 Å². The summed E-state index contributed by atoms with van der Waals surface area (Å²) in [5.74, 6) is 0. The van der Waals surface area contributed by atoms with Gasteiger partial charge in [0.15, 0.2) is 0 Å². The highest BCUT2D eigenvalue weighted by atomic mass is 15.2. The molecule has 2 heterocycles. The zero-order valence-electron chi connectivity index (χ0n) is 11.0. The predicted molar refractivity (Wildman–Crippen MR) is 73.3 cm³/mol. The molecule has 0 radical (unpaired) electrons. The third-order valence-electron chi connectivity index (χ3n) is 4.08. The van der Waals surface area contributed by atoms with Crippen LogP contribution in [0, 0.1) is 0 Å². The third-order valence-corrected chi connectivity index (χ3v) is 4.08. The second-order valence-electron chi connectivity index (χ2n) is 5.66. The van der Waals surface area contributed by atoms with Crippen molar-refractivity contribution in [2.45, 2.75) is 50.7 Å². The standard InChI is InChI=1S/C15H23N3/c1-2-9-18(12-13-4-3-8-16-10-13)15(5-1)11-17-14-6-7-14/h3-4,8,10,14-15,17H,1-2,5-7,9,11-12H2. The summed E-state index contributed by atoms with van der Waals surface area (Å²) in [7, 11) is 0. The normalized spacial score (nSPS) is 25.2. The number of aromatic nitrogens is 1. The molecule has 1 saturated carbocycles. The zero-order valence-corrected chi connectivity index (χ0v) is 11.0. The molecule has 3 rings (SSSR count). The topological polar surface area (TPSA) is 28.2 Å². The Morgan fingerprint density at radius 2 is 2.22 bits per heavy atom. The van der Waals surface area contributed by atoms with Gasteiger partial charge in [-0.05, 0) is 43.9 Å². The van der Waals surface area contributed by atoms with Crippen LogP contribution in [0.4, 0.5) is 0 Å². The first kappa shape index (κ1) is 12.1. The van der Waals surface area contributed by atoms with E-state index in [1.165, 1.54) is 50.8 Å². The molecule has 1 aliphatic heterocycles. The van der Waals surface area contributed by atoms with Gasteiger partial charge < -0.3 is 5.32 Å². The first-order chi connectivity index (χ1) is 8.92. The summed E-state index contributed by atoms with van der Waals surface area (Å²) in [6, 6.07) is 5.77. The minimum absolute atomic E-state index is 0.722. The fraction of sp³-hybridized carbons (Fsp3) is 0.667. The smallest absolute Gasteiger partial charge is 0.0312 e. The van der Waals surface area contributed by atoms with Crippen molar-refractivity contribution in [1.82, 2.24) is 15.2 Å². The Labute approximate surface area is 110 Å². The van der Waals surface area contributed by atoms with Gasteiger partial charge in [0.05, 0.1) is 0 Å². The fourth-order valence-corrected chi connectivity index (χ4v) is 2.82. The van der Waals surface area contributed by atoms with Crippen LogP contribution in [0.15, 0.2) is 24.5 Å². The van der Waals surface area contributed by atoms with Gasteiger partial charge in [-0.15, -0.1) is 0 Å². The molecule has 0 bridgehead atoms. The summed E-state index contributed by atoms with van der Waals surface area (Å²) in [4.78, 5) is 6.85. The highest BCUT2D eigenvalue weighted by Crippen LogP contribution is 2.22. The van der Waals surface area contributed by atoms with E-state index in [0.717, 1.165) is 18.6 Å². The van der Waals surface area contributed by atoms with Crippen LogP contribution < -0.4 is 5.32 Å².